The van der Waals surface area contributed by atoms with Gasteiger partial charge in [0.1, 0.15) is 0 Å². The Balaban J connectivity index is 1.29. The highest BCUT2D eigenvalue weighted by molar-refractivity contribution is 5.37. The molecular formula is C21H29N7. The summed E-state index contributed by atoms with van der Waals surface area (Å²) in [7, 11) is 0. The molecule has 0 amide bonds. The lowest BCUT2D eigenvalue weighted by molar-refractivity contribution is 0.196. The van der Waals surface area contributed by atoms with Crippen molar-refractivity contribution in [2.75, 3.05) is 13.1 Å². The summed E-state index contributed by atoms with van der Waals surface area (Å²) in [6, 6.07) is 4.80. The molecule has 5 rings (SSSR count). The summed E-state index contributed by atoms with van der Waals surface area (Å²) in [6.07, 6.45) is 8.83. The predicted octanol–water partition coefficient (Wildman–Crippen LogP) is 3.33. The van der Waals surface area contributed by atoms with E-state index < -0.39 is 0 Å². The molecule has 0 aromatic carbocycles. The summed E-state index contributed by atoms with van der Waals surface area (Å²) < 4.78 is 4.35. The first-order valence-electron chi connectivity index (χ1n) is 10.4. The van der Waals surface area contributed by atoms with Crippen molar-refractivity contribution >= 4 is 5.65 Å². The SMILES string of the molecule is CC(C)(C)c1ccc2nnc(C3CCN(Cc4cncn4C4CC4)CC3)n2n1. The molecule has 0 N–H and O–H groups in total. The van der Waals surface area contributed by atoms with Crippen molar-refractivity contribution in [3.05, 3.63) is 41.9 Å². The summed E-state index contributed by atoms with van der Waals surface area (Å²) in [6.45, 7) is 9.72. The molecule has 148 valence electrons. The molecule has 28 heavy (non-hydrogen) atoms. The van der Waals surface area contributed by atoms with Gasteiger partial charge in [-0.1, -0.05) is 20.8 Å². The minimum Gasteiger partial charge on any atom is -0.330 e. The summed E-state index contributed by atoms with van der Waals surface area (Å²) in [5.41, 5.74) is 3.29. The molecule has 0 spiro atoms. The van der Waals surface area contributed by atoms with Crippen LogP contribution >= 0.6 is 0 Å². The third kappa shape index (κ3) is 3.32. The molecular weight excluding hydrogens is 350 g/mol. The maximum absolute atomic E-state index is 4.87. The van der Waals surface area contributed by atoms with Gasteiger partial charge in [0.05, 0.1) is 17.7 Å². The van der Waals surface area contributed by atoms with E-state index in [1.807, 2.05) is 23.1 Å². The topological polar surface area (TPSA) is 64.1 Å². The number of nitrogens with zero attached hydrogens (tertiary/aromatic N) is 7. The number of rotatable bonds is 4. The molecule has 0 radical (unpaired) electrons. The van der Waals surface area contributed by atoms with E-state index in [-0.39, 0.29) is 5.41 Å². The monoisotopic (exact) mass is 379 g/mol. The normalized spacial score (nSPS) is 19.5. The molecule has 0 atom stereocenters. The molecule has 3 aromatic heterocycles. The molecule has 2 aliphatic rings. The van der Waals surface area contributed by atoms with Gasteiger partial charge in [0.15, 0.2) is 11.5 Å². The van der Waals surface area contributed by atoms with Crippen molar-refractivity contribution in [2.24, 2.45) is 0 Å². The Hall–Kier alpha value is -2.28. The highest BCUT2D eigenvalue weighted by atomic mass is 15.4. The van der Waals surface area contributed by atoms with Crippen molar-refractivity contribution < 1.29 is 0 Å². The van der Waals surface area contributed by atoms with Crippen molar-refractivity contribution in [3.8, 4) is 0 Å². The van der Waals surface area contributed by atoms with E-state index in [0.29, 0.717) is 12.0 Å². The van der Waals surface area contributed by atoms with E-state index >= 15 is 0 Å². The molecule has 1 aliphatic carbocycles. The minimum absolute atomic E-state index is 0.0175. The van der Waals surface area contributed by atoms with Crippen LogP contribution in [0.3, 0.4) is 0 Å². The quantitative estimate of drug-likeness (QED) is 0.696. The highest BCUT2D eigenvalue weighted by Gasteiger charge is 2.29. The van der Waals surface area contributed by atoms with Gasteiger partial charge in [0.25, 0.3) is 0 Å². The van der Waals surface area contributed by atoms with Crippen molar-refractivity contribution in [1.82, 2.24) is 34.3 Å². The van der Waals surface area contributed by atoms with Crippen LogP contribution in [-0.4, -0.2) is 47.4 Å². The Morgan fingerprint density at radius 2 is 1.82 bits per heavy atom. The van der Waals surface area contributed by atoms with Crippen LogP contribution in [0, 0.1) is 0 Å². The van der Waals surface area contributed by atoms with E-state index in [1.165, 1.54) is 18.5 Å². The zero-order valence-electron chi connectivity index (χ0n) is 17.0. The fraction of sp³-hybridized carbons (Fsp3) is 0.619. The second-order valence-corrected chi connectivity index (χ2v) is 9.37. The molecule has 4 heterocycles. The summed E-state index contributed by atoms with van der Waals surface area (Å²) in [4.78, 5) is 6.92. The maximum atomic E-state index is 4.87. The molecule has 1 saturated carbocycles. The molecule has 0 bridgehead atoms. The summed E-state index contributed by atoms with van der Waals surface area (Å²) in [5.74, 6) is 1.44. The first-order valence-corrected chi connectivity index (χ1v) is 10.4. The van der Waals surface area contributed by atoms with Gasteiger partial charge in [-0.25, -0.2) is 4.98 Å². The molecule has 7 nitrogen and oxygen atoms in total. The largest absolute Gasteiger partial charge is 0.330 e. The van der Waals surface area contributed by atoms with Crippen molar-refractivity contribution in [2.45, 2.75) is 70.4 Å². The molecule has 2 fully saturated rings. The number of likely N-dealkylation sites (tertiary alicyclic amines) is 1. The first-order chi connectivity index (χ1) is 13.5. The zero-order valence-corrected chi connectivity index (χ0v) is 17.0. The summed E-state index contributed by atoms with van der Waals surface area (Å²) in [5, 5.41) is 13.7. The van der Waals surface area contributed by atoms with Crippen LogP contribution in [0.5, 0.6) is 0 Å². The number of piperidine rings is 1. The molecule has 3 aromatic rings. The second kappa shape index (κ2) is 6.65. The van der Waals surface area contributed by atoms with Crippen LogP contribution in [-0.2, 0) is 12.0 Å². The van der Waals surface area contributed by atoms with Gasteiger partial charge >= 0.3 is 0 Å². The number of hydrogen-bond donors (Lipinski definition) is 0. The third-order valence-electron chi connectivity index (χ3n) is 6.08. The average molecular weight is 380 g/mol. The van der Waals surface area contributed by atoms with Crippen LogP contribution in [0.15, 0.2) is 24.7 Å². The molecule has 0 unspecified atom stereocenters. The molecule has 1 aliphatic heterocycles. The van der Waals surface area contributed by atoms with Gasteiger partial charge in [-0.3, -0.25) is 4.90 Å². The Bertz CT molecular complexity index is 968. The summed E-state index contributed by atoms with van der Waals surface area (Å²) >= 11 is 0. The Labute approximate surface area is 165 Å². The number of aromatic nitrogens is 6. The van der Waals surface area contributed by atoms with Gasteiger partial charge in [0.2, 0.25) is 0 Å². The standard InChI is InChI=1S/C21H29N7/c1-21(2,3)18-6-7-19-23-24-20(28(19)25-18)15-8-10-26(11-9-15)13-17-12-22-14-27(17)16-4-5-16/h6-7,12,14-16H,4-5,8-11,13H2,1-3H3. The van der Waals surface area contributed by atoms with Gasteiger partial charge < -0.3 is 4.57 Å². The van der Waals surface area contributed by atoms with Crippen LogP contribution < -0.4 is 0 Å². The van der Waals surface area contributed by atoms with Gasteiger partial charge in [-0.15, -0.1) is 10.2 Å². The third-order valence-corrected chi connectivity index (χ3v) is 6.08. The van der Waals surface area contributed by atoms with E-state index in [1.54, 1.807) is 0 Å². The van der Waals surface area contributed by atoms with Crippen molar-refractivity contribution in [3.63, 3.8) is 0 Å². The van der Waals surface area contributed by atoms with E-state index in [9.17, 15) is 0 Å². The fourth-order valence-corrected chi connectivity index (χ4v) is 4.17. The van der Waals surface area contributed by atoms with E-state index in [2.05, 4.69) is 51.5 Å². The number of hydrogen-bond acceptors (Lipinski definition) is 5. The fourth-order valence-electron chi connectivity index (χ4n) is 4.17. The van der Waals surface area contributed by atoms with Crippen LogP contribution in [0.4, 0.5) is 0 Å². The second-order valence-electron chi connectivity index (χ2n) is 9.37. The number of fused-ring (bicyclic) bond motifs is 1. The number of imidazole rings is 1. The maximum Gasteiger partial charge on any atom is 0.177 e. The average Bonchev–Trinajstić information content (AvgIpc) is 3.26. The highest BCUT2D eigenvalue weighted by Crippen LogP contribution is 2.36. The van der Waals surface area contributed by atoms with Crippen LogP contribution in [0.1, 0.15) is 75.6 Å². The minimum atomic E-state index is 0.0175. The lowest BCUT2D eigenvalue weighted by atomic mass is 9.92. The van der Waals surface area contributed by atoms with Crippen LogP contribution in [0.2, 0.25) is 0 Å². The van der Waals surface area contributed by atoms with Crippen molar-refractivity contribution in [1.29, 1.82) is 0 Å². The van der Waals surface area contributed by atoms with Gasteiger partial charge in [0, 0.05) is 30.1 Å². The lowest BCUT2D eigenvalue weighted by Crippen LogP contribution is -2.33. The Morgan fingerprint density at radius 3 is 2.54 bits per heavy atom. The van der Waals surface area contributed by atoms with Crippen LogP contribution in [0.25, 0.3) is 5.65 Å². The lowest BCUT2D eigenvalue weighted by Gasteiger charge is -2.31. The van der Waals surface area contributed by atoms with Gasteiger partial charge in [-0.2, -0.15) is 9.61 Å². The Kier molecular flexibility index (Phi) is 4.23. The Morgan fingerprint density at radius 1 is 1.04 bits per heavy atom. The molecule has 7 heteroatoms. The molecule has 1 saturated heterocycles. The predicted molar refractivity (Wildman–Crippen MR) is 107 cm³/mol. The van der Waals surface area contributed by atoms with Gasteiger partial charge in [-0.05, 0) is 50.9 Å². The smallest absolute Gasteiger partial charge is 0.177 e. The van der Waals surface area contributed by atoms with E-state index in [4.69, 9.17) is 5.10 Å². The zero-order chi connectivity index (χ0) is 19.3. The first kappa shape index (κ1) is 17.8. The van der Waals surface area contributed by atoms with E-state index in [0.717, 1.165) is 49.6 Å².